The quantitative estimate of drug-likeness (QED) is 0.451. The third kappa shape index (κ3) is 3.24. The second kappa shape index (κ2) is 7.00. The van der Waals surface area contributed by atoms with E-state index in [4.69, 9.17) is 4.42 Å². The van der Waals surface area contributed by atoms with Gasteiger partial charge in [0.05, 0.1) is 5.69 Å². The molecule has 0 spiro atoms. The summed E-state index contributed by atoms with van der Waals surface area (Å²) in [6, 6.07) is 20.0. The second-order valence-electron chi connectivity index (χ2n) is 7.12. The molecule has 0 atom stereocenters. The van der Waals surface area contributed by atoms with E-state index in [1.807, 2.05) is 60.1 Å². The average molecular weight is 395 g/mol. The molecular weight excluding hydrogens is 378 g/mol. The highest BCUT2D eigenvalue weighted by molar-refractivity contribution is 6.05. The third-order valence-corrected chi connectivity index (χ3v) is 4.92. The van der Waals surface area contributed by atoms with Gasteiger partial charge in [-0.05, 0) is 48.9 Å². The first-order chi connectivity index (χ1) is 14.6. The predicted octanol–water partition coefficient (Wildman–Crippen LogP) is 4.67. The number of amides is 1. The molecule has 30 heavy (non-hydrogen) atoms. The number of imidazole rings is 1. The van der Waals surface area contributed by atoms with Gasteiger partial charge in [0, 0.05) is 29.0 Å². The van der Waals surface area contributed by atoms with Crippen molar-refractivity contribution in [1.29, 1.82) is 0 Å². The van der Waals surface area contributed by atoms with Crippen molar-refractivity contribution < 1.29 is 9.21 Å². The summed E-state index contributed by atoms with van der Waals surface area (Å²) in [5, 5.41) is 3.47. The Labute approximate surface area is 171 Å². The Morgan fingerprint density at radius 1 is 1.03 bits per heavy atom. The van der Waals surface area contributed by atoms with E-state index in [9.17, 15) is 9.59 Å². The summed E-state index contributed by atoms with van der Waals surface area (Å²) in [5.74, 6) is -0.516. The van der Waals surface area contributed by atoms with Crippen LogP contribution in [-0.4, -0.2) is 15.3 Å². The van der Waals surface area contributed by atoms with E-state index in [2.05, 4.69) is 10.3 Å². The number of carbonyl (C=O) groups is 1. The van der Waals surface area contributed by atoms with Gasteiger partial charge < -0.3 is 14.1 Å². The van der Waals surface area contributed by atoms with Crippen LogP contribution >= 0.6 is 0 Å². The van der Waals surface area contributed by atoms with E-state index >= 15 is 0 Å². The minimum Gasteiger partial charge on any atom is -0.422 e. The van der Waals surface area contributed by atoms with Gasteiger partial charge in [-0.1, -0.05) is 30.3 Å². The number of carbonyl (C=O) groups excluding carboxylic acids is 1. The molecule has 6 heteroatoms. The van der Waals surface area contributed by atoms with E-state index in [1.165, 1.54) is 0 Å². The zero-order chi connectivity index (χ0) is 20.7. The van der Waals surface area contributed by atoms with E-state index < -0.39 is 11.5 Å². The lowest BCUT2D eigenvalue weighted by Crippen LogP contribution is -2.20. The molecule has 0 aliphatic carbocycles. The second-order valence-corrected chi connectivity index (χ2v) is 7.12. The molecule has 0 radical (unpaired) electrons. The molecule has 0 fully saturated rings. The summed E-state index contributed by atoms with van der Waals surface area (Å²) in [6.45, 7) is 2.02. The molecule has 0 bridgehead atoms. The average Bonchev–Trinajstić information content (AvgIpc) is 3.16. The first kappa shape index (κ1) is 17.9. The predicted molar refractivity (Wildman–Crippen MR) is 116 cm³/mol. The molecule has 6 nitrogen and oxygen atoms in total. The van der Waals surface area contributed by atoms with Gasteiger partial charge in [0.25, 0.3) is 5.91 Å². The van der Waals surface area contributed by atoms with Gasteiger partial charge in [-0.25, -0.2) is 9.78 Å². The molecule has 3 heterocycles. The van der Waals surface area contributed by atoms with Crippen LogP contribution in [0.2, 0.25) is 0 Å². The van der Waals surface area contributed by atoms with E-state index in [0.29, 0.717) is 16.7 Å². The summed E-state index contributed by atoms with van der Waals surface area (Å²) in [5.41, 5.74) is 3.95. The van der Waals surface area contributed by atoms with Crippen LogP contribution in [0, 0.1) is 6.92 Å². The van der Waals surface area contributed by atoms with E-state index in [0.717, 1.165) is 22.5 Å². The molecule has 0 saturated heterocycles. The van der Waals surface area contributed by atoms with Crippen molar-refractivity contribution in [2.24, 2.45) is 0 Å². The van der Waals surface area contributed by atoms with Crippen LogP contribution in [-0.2, 0) is 0 Å². The van der Waals surface area contributed by atoms with E-state index in [1.54, 1.807) is 30.3 Å². The Hall–Kier alpha value is -4.19. The number of anilines is 1. The maximum atomic E-state index is 12.7. The molecule has 146 valence electrons. The van der Waals surface area contributed by atoms with Crippen molar-refractivity contribution >= 4 is 28.2 Å². The molecule has 0 unspecified atom stereocenters. The Morgan fingerprint density at radius 3 is 2.80 bits per heavy atom. The van der Waals surface area contributed by atoms with Gasteiger partial charge in [-0.15, -0.1) is 0 Å². The topological polar surface area (TPSA) is 76.6 Å². The molecule has 1 amide bonds. The Morgan fingerprint density at radius 2 is 1.90 bits per heavy atom. The number of nitrogens with zero attached hydrogens (tertiary/aromatic N) is 2. The molecule has 3 aromatic heterocycles. The van der Waals surface area contributed by atoms with Crippen molar-refractivity contribution in [3.8, 4) is 11.3 Å². The lowest BCUT2D eigenvalue weighted by Gasteiger charge is -2.06. The van der Waals surface area contributed by atoms with Crippen molar-refractivity contribution in [2.75, 3.05) is 5.32 Å². The number of hydrogen-bond donors (Lipinski definition) is 1. The fraction of sp³-hybridized carbons (Fsp3) is 0.0417. The fourth-order valence-corrected chi connectivity index (χ4v) is 3.40. The van der Waals surface area contributed by atoms with Gasteiger partial charge in [0.15, 0.2) is 0 Å². The lowest BCUT2D eigenvalue weighted by molar-refractivity contribution is 0.102. The highest BCUT2D eigenvalue weighted by Gasteiger charge is 2.14. The number of fused-ring (bicyclic) bond motifs is 2. The number of aromatic nitrogens is 2. The van der Waals surface area contributed by atoms with Gasteiger partial charge in [-0.2, -0.15) is 0 Å². The van der Waals surface area contributed by atoms with Crippen molar-refractivity contribution in [3.63, 3.8) is 0 Å². The number of pyridine rings is 1. The lowest BCUT2D eigenvalue weighted by atomic mass is 10.1. The Balaban J connectivity index is 1.46. The summed E-state index contributed by atoms with van der Waals surface area (Å²) in [4.78, 5) is 29.6. The number of rotatable bonds is 3. The van der Waals surface area contributed by atoms with Gasteiger partial charge >= 0.3 is 5.63 Å². The van der Waals surface area contributed by atoms with Crippen LogP contribution in [0.1, 0.15) is 15.9 Å². The summed E-state index contributed by atoms with van der Waals surface area (Å²) in [6.07, 6.45) is 3.90. The molecule has 2 aromatic carbocycles. The largest absolute Gasteiger partial charge is 0.422 e. The third-order valence-electron chi connectivity index (χ3n) is 4.92. The summed E-state index contributed by atoms with van der Waals surface area (Å²) >= 11 is 0. The van der Waals surface area contributed by atoms with Crippen LogP contribution in [0.15, 0.2) is 88.3 Å². The molecule has 0 saturated carbocycles. The molecule has 1 N–H and O–H groups in total. The SMILES string of the molecule is Cc1ccn2cc(-c3cccc(NC(=O)c4cc5ccccc5oc4=O)c3)nc2c1. The number of hydrogen-bond acceptors (Lipinski definition) is 4. The first-order valence-electron chi connectivity index (χ1n) is 9.47. The minimum absolute atomic E-state index is 0.0395. The maximum absolute atomic E-state index is 12.7. The van der Waals surface area contributed by atoms with Gasteiger partial charge in [0.2, 0.25) is 0 Å². The highest BCUT2D eigenvalue weighted by atomic mass is 16.4. The molecule has 5 aromatic rings. The van der Waals surface area contributed by atoms with Gasteiger partial charge in [0.1, 0.15) is 16.8 Å². The van der Waals surface area contributed by atoms with E-state index in [-0.39, 0.29) is 5.56 Å². The zero-order valence-electron chi connectivity index (χ0n) is 16.1. The molecular formula is C24H17N3O3. The fourth-order valence-electron chi connectivity index (χ4n) is 3.40. The maximum Gasteiger partial charge on any atom is 0.349 e. The van der Waals surface area contributed by atoms with Gasteiger partial charge in [-0.3, -0.25) is 4.79 Å². The van der Waals surface area contributed by atoms with Crippen LogP contribution in [0.4, 0.5) is 5.69 Å². The minimum atomic E-state index is -0.668. The van der Waals surface area contributed by atoms with Crippen LogP contribution < -0.4 is 10.9 Å². The summed E-state index contributed by atoms with van der Waals surface area (Å²) in [7, 11) is 0. The monoisotopic (exact) mass is 395 g/mol. The van der Waals surface area contributed by atoms with Crippen molar-refractivity contribution in [2.45, 2.75) is 6.92 Å². The number of aryl methyl sites for hydroxylation is 1. The van der Waals surface area contributed by atoms with Crippen LogP contribution in [0.3, 0.4) is 0 Å². The number of para-hydroxylation sites is 1. The molecule has 5 rings (SSSR count). The number of benzene rings is 2. The number of nitrogens with one attached hydrogen (secondary N) is 1. The standard InChI is InChI=1S/C24H17N3O3/c1-15-9-10-27-14-20(26-22(27)11-15)16-6-4-7-18(12-16)25-23(28)19-13-17-5-2-3-8-21(17)30-24(19)29/h2-14H,1H3,(H,25,28). The normalized spacial score (nSPS) is 11.1. The Kier molecular flexibility index (Phi) is 4.17. The Bertz CT molecular complexity index is 1480. The molecule has 0 aliphatic rings. The first-order valence-corrected chi connectivity index (χ1v) is 9.47. The molecule has 0 aliphatic heterocycles. The highest BCUT2D eigenvalue weighted by Crippen LogP contribution is 2.23. The van der Waals surface area contributed by atoms with Crippen molar-refractivity contribution in [1.82, 2.24) is 9.38 Å². The van der Waals surface area contributed by atoms with Crippen molar-refractivity contribution in [3.05, 3.63) is 101 Å². The summed E-state index contributed by atoms with van der Waals surface area (Å²) < 4.78 is 7.21. The van der Waals surface area contributed by atoms with Crippen LogP contribution in [0.5, 0.6) is 0 Å². The zero-order valence-corrected chi connectivity index (χ0v) is 16.1. The van der Waals surface area contributed by atoms with Crippen LogP contribution in [0.25, 0.3) is 27.9 Å². The smallest absolute Gasteiger partial charge is 0.349 e.